The van der Waals surface area contributed by atoms with E-state index in [9.17, 15) is 35.9 Å². The molecule has 0 bridgehead atoms. The van der Waals surface area contributed by atoms with Crippen LogP contribution in [-0.4, -0.2) is 17.1 Å². The van der Waals surface area contributed by atoms with Crippen molar-refractivity contribution in [2.45, 2.75) is 19.0 Å². The summed E-state index contributed by atoms with van der Waals surface area (Å²) < 4.78 is 78.1. The molecule has 0 aliphatic carbocycles. The maximum absolute atomic E-state index is 13.5. The van der Waals surface area contributed by atoms with Crippen LogP contribution in [0.3, 0.4) is 0 Å². The monoisotopic (exact) mass is 456 g/mol. The van der Waals surface area contributed by atoms with Crippen molar-refractivity contribution in [1.82, 2.24) is 4.98 Å². The topological polar surface area (TPSA) is 62.4 Å². The second-order valence-electron chi connectivity index (χ2n) is 6.66. The molecule has 1 aromatic heterocycles. The summed E-state index contributed by atoms with van der Waals surface area (Å²) in [6.07, 6.45) is -4.59. The van der Waals surface area contributed by atoms with E-state index in [2.05, 4.69) is 4.98 Å². The van der Waals surface area contributed by atoms with E-state index in [-0.39, 0.29) is 17.0 Å². The Hall–Kier alpha value is -3.76. The quantitative estimate of drug-likeness (QED) is 0.429. The van der Waals surface area contributed by atoms with Gasteiger partial charge in [-0.15, -0.1) is 5.06 Å². The molecule has 1 amide bonds. The average Bonchev–Trinajstić information content (AvgIpc) is 2.72. The molecule has 1 heterocycles. The van der Waals surface area contributed by atoms with Crippen molar-refractivity contribution in [1.29, 1.82) is 0 Å². The van der Waals surface area contributed by atoms with Crippen LogP contribution in [0.25, 0.3) is 0 Å². The van der Waals surface area contributed by atoms with Gasteiger partial charge in [0.15, 0.2) is 5.75 Å². The molecule has 0 atom stereocenters. The Balaban J connectivity index is 1.99. The van der Waals surface area contributed by atoms with Gasteiger partial charge in [0.2, 0.25) is 5.56 Å². The molecule has 0 aliphatic heterocycles. The Morgan fingerprint density at radius 1 is 0.969 bits per heavy atom. The molecule has 11 heteroatoms. The first-order chi connectivity index (χ1) is 14.9. The molecular weight excluding hydrogens is 442 g/mol. The highest BCUT2D eigenvalue weighted by Crippen LogP contribution is 2.43. The number of aryl methyl sites for hydroxylation is 1. The molecule has 0 spiro atoms. The molecule has 0 saturated heterocycles. The second kappa shape index (κ2) is 8.40. The lowest BCUT2D eigenvalue weighted by Gasteiger charge is -2.24. The van der Waals surface area contributed by atoms with Crippen LogP contribution in [-0.2, 0) is 5.92 Å². The van der Waals surface area contributed by atoms with Crippen LogP contribution < -0.4 is 15.5 Å². The van der Waals surface area contributed by atoms with Crippen molar-refractivity contribution in [3.05, 3.63) is 93.7 Å². The summed E-state index contributed by atoms with van der Waals surface area (Å²) in [7, 11) is 0. The number of nitrogens with one attached hydrogen (secondary N) is 1. The fourth-order valence-electron chi connectivity index (χ4n) is 2.69. The predicted octanol–water partition coefficient (Wildman–Crippen LogP) is 5.12. The van der Waals surface area contributed by atoms with E-state index < -0.39 is 34.9 Å². The minimum atomic E-state index is -5.81. The van der Waals surface area contributed by atoms with Gasteiger partial charge in [-0.3, -0.25) is 9.59 Å². The second-order valence-corrected chi connectivity index (χ2v) is 6.66. The highest BCUT2D eigenvalue weighted by Gasteiger charge is 2.58. The molecule has 1 N–H and O–H groups in total. The number of H-pyrrole nitrogens is 1. The van der Waals surface area contributed by atoms with Crippen molar-refractivity contribution < 1.29 is 36.0 Å². The lowest BCUT2D eigenvalue weighted by Crippen LogP contribution is -2.36. The van der Waals surface area contributed by atoms with Gasteiger partial charge in [-0.2, -0.15) is 22.0 Å². The van der Waals surface area contributed by atoms with Gasteiger partial charge in [0.05, 0.1) is 5.69 Å². The van der Waals surface area contributed by atoms with Crippen LogP contribution in [0, 0.1) is 12.7 Å². The van der Waals surface area contributed by atoms with Crippen molar-refractivity contribution in [2.75, 3.05) is 5.06 Å². The predicted molar refractivity (Wildman–Crippen MR) is 102 cm³/mol. The summed E-state index contributed by atoms with van der Waals surface area (Å²) in [5.74, 6) is -6.60. The zero-order valence-corrected chi connectivity index (χ0v) is 16.2. The normalized spacial score (nSPS) is 11.8. The maximum atomic E-state index is 13.5. The number of aromatic nitrogens is 1. The number of alkyl halides is 5. The highest BCUT2D eigenvalue weighted by atomic mass is 19.4. The standard InChI is InChI=1S/C21H14F6N2O3/c1-12-10-15(22)6-7-17(12)32-29(16-8-9-28-18(30)11-16)19(31)13-2-4-14(5-3-13)20(23,24)21(25,26)27/h2-11H,1H3,(H,28,30). The molecule has 3 rings (SSSR count). The molecular formula is C21H14F6N2O3. The number of benzene rings is 2. The average molecular weight is 456 g/mol. The number of amides is 1. The van der Waals surface area contributed by atoms with E-state index in [1.807, 2.05) is 0 Å². The first-order valence-electron chi connectivity index (χ1n) is 8.92. The van der Waals surface area contributed by atoms with Gasteiger partial charge in [-0.25, -0.2) is 4.39 Å². The molecule has 3 aromatic rings. The van der Waals surface area contributed by atoms with Gasteiger partial charge >= 0.3 is 12.1 Å². The summed E-state index contributed by atoms with van der Waals surface area (Å²) in [6, 6.07) is 8.22. The summed E-state index contributed by atoms with van der Waals surface area (Å²) in [4.78, 5) is 32.6. The summed E-state index contributed by atoms with van der Waals surface area (Å²) in [5.41, 5.74) is -2.01. The number of carbonyl (C=O) groups excluding carboxylic acids is 1. The van der Waals surface area contributed by atoms with Crippen LogP contribution in [0.15, 0.2) is 65.6 Å². The van der Waals surface area contributed by atoms with Gasteiger partial charge in [0.25, 0.3) is 5.91 Å². The molecule has 5 nitrogen and oxygen atoms in total. The smallest absolute Gasteiger partial charge is 0.371 e. The molecule has 2 aromatic carbocycles. The van der Waals surface area contributed by atoms with Gasteiger partial charge in [0, 0.05) is 23.4 Å². The van der Waals surface area contributed by atoms with Gasteiger partial charge in [-0.1, -0.05) is 12.1 Å². The van der Waals surface area contributed by atoms with Gasteiger partial charge in [-0.05, 0) is 48.9 Å². The zero-order valence-electron chi connectivity index (χ0n) is 16.2. The lowest BCUT2D eigenvalue weighted by molar-refractivity contribution is -0.289. The number of hydroxylamine groups is 1. The number of hydrogen-bond donors (Lipinski definition) is 1. The number of pyridine rings is 1. The number of aromatic amines is 1. The molecule has 0 saturated carbocycles. The van der Waals surface area contributed by atoms with E-state index in [0.29, 0.717) is 22.8 Å². The third kappa shape index (κ3) is 4.61. The Morgan fingerprint density at radius 2 is 1.62 bits per heavy atom. The number of hydrogen-bond acceptors (Lipinski definition) is 3. The number of halogens is 6. The number of anilines is 1. The van der Waals surface area contributed by atoms with Gasteiger partial charge in [0.1, 0.15) is 5.82 Å². The first-order valence-corrected chi connectivity index (χ1v) is 8.92. The third-order valence-electron chi connectivity index (χ3n) is 4.35. The van der Waals surface area contributed by atoms with Crippen LogP contribution in [0.4, 0.5) is 32.0 Å². The molecule has 0 radical (unpaired) electrons. The van der Waals surface area contributed by atoms with Crippen molar-refractivity contribution in [3.63, 3.8) is 0 Å². The fourth-order valence-corrected chi connectivity index (χ4v) is 2.69. The Morgan fingerprint density at radius 3 is 2.19 bits per heavy atom. The maximum Gasteiger partial charge on any atom is 0.458 e. The van der Waals surface area contributed by atoms with Crippen LogP contribution in [0.1, 0.15) is 21.5 Å². The van der Waals surface area contributed by atoms with E-state index in [1.165, 1.54) is 25.3 Å². The van der Waals surface area contributed by atoms with Crippen molar-refractivity contribution in [3.8, 4) is 5.75 Å². The van der Waals surface area contributed by atoms with E-state index in [4.69, 9.17) is 4.84 Å². The van der Waals surface area contributed by atoms with Crippen LogP contribution in [0.5, 0.6) is 5.75 Å². The Labute approximate surface area is 176 Å². The van der Waals surface area contributed by atoms with E-state index >= 15 is 0 Å². The first kappa shape index (κ1) is 22.9. The highest BCUT2D eigenvalue weighted by molar-refractivity contribution is 6.04. The lowest BCUT2D eigenvalue weighted by atomic mass is 10.1. The van der Waals surface area contributed by atoms with Crippen molar-refractivity contribution in [2.24, 2.45) is 0 Å². The van der Waals surface area contributed by atoms with E-state index in [1.54, 1.807) is 0 Å². The summed E-state index contributed by atoms with van der Waals surface area (Å²) in [5, 5.41) is 0.645. The number of rotatable bonds is 5. The largest absolute Gasteiger partial charge is 0.458 e. The van der Waals surface area contributed by atoms with E-state index in [0.717, 1.165) is 30.3 Å². The Bertz CT molecular complexity index is 1190. The molecule has 168 valence electrons. The summed E-state index contributed by atoms with van der Waals surface area (Å²) >= 11 is 0. The fraction of sp³-hybridized carbons (Fsp3) is 0.143. The van der Waals surface area contributed by atoms with Crippen LogP contribution in [0.2, 0.25) is 0 Å². The number of carbonyl (C=O) groups is 1. The molecule has 0 fully saturated rings. The Kier molecular flexibility index (Phi) is 6.02. The number of nitrogens with zero attached hydrogens (tertiary/aromatic N) is 1. The van der Waals surface area contributed by atoms with Gasteiger partial charge < -0.3 is 9.82 Å². The zero-order chi connectivity index (χ0) is 23.7. The molecule has 32 heavy (non-hydrogen) atoms. The minimum absolute atomic E-state index is 0.0419. The summed E-state index contributed by atoms with van der Waals surface area (Å²) in [6.45, 7) is 1.49. The molecule has 0 aliphatic rings. The SMILES string of the molecule is Cc1cc(F)ccc1ON(C(=O)c1ccc(C(F)(F)C(F)(F)F)cc1)c1cc[nH]c(=O)c1. The van der Waals surface area contributed by atoms with Crippen molar-refractivity contribution >= 4 is 11.6 Å². The van der Waals surface area contributed by atoms with Crippen LogP contribution >= 0.6 is 0 Å². The minimum Gasteiger partial charge on any atom is -0.371 e. The third-order valence-corrected chi connectivity index (χ3v) is 4.35. The molecule has 0 unspecified atom stereocenters.